The van der Waals surface area contributed by atoms with E-state index in [-0.39, 0.29) is 6.61 Å². The summed E-state index contributed by atoms with van der Waals surface area (Å²) in [4.78, 5) is 4.73. The van der Waals surface area contributed by atoms with Crippen molar-refractivity contribution in [2.24, 2.45) is 7.05 Å². The first-order chi connectivity index (χ1) is 10.7. The van der Waals surface area contributed by atoms with Crippen LogP contribution in [-0.2, 0) is 20.3 Å². The highest BCUT2D eigenvalue weighted by Gasteiger charge is 2.18. The van der Waals surface area contributed by atoms with Gasteiger partial charge in [0.15, 0.2) is 10.6 Å². The molecule has 0 unspecified atom stereocenters. The van der Waals surface area contributed by atoms with Crippen LogP contribution >= 0.6 is 12.2 Å². The molecule has 118 valence electrons. The van der Waals surface area contributed by atoms with Crippen LogP contribution in [0.5, 0.6) is 0 Å². The second-order valence-electron chi connectivity index (χ2n) is 5.50. The number of para-hydroxylation sites is 1. The summed E-state index contributed by atoms with van der Waals surface area (Å²) in [6, 6.07) is 10.5. The van der Waals surface area contributed by atoms with Crippen LogP contribution < -0.4 is 4.90 Å². The molecular formula is C15H21N5OS. The number of benzene rings is 1. The fourth-order valence-corrected chi connectivity index (χ4v) is 2.94. The number of hydrogen-bond acceptors (Lipinski definition) is 5. The van der Waals surface area contributed by atoms with Crippen LogP contribution in [-0.4, -0.2) is 50.5 Å². The van der Waals surface area contributed by atoms with Crippen LogP contribution in [0.4, 0.5) is 5.69 Å². The maximum absolute atomic E-state index is 9.26. The first-order valence-electron chi connectivity index (χ1n) is 7.45. The Bertz CT molecular complexity index is 673. The molecule has 1 saturated heterocycles. The Balaban J connectivity index is 1.62. The molecule has 1 aromatic carbocycles. The highest BCUT2D eigenvalue weighted by atomic mass is 32.1. The first-order valence-corrected chi connectivity index (χ1v) is 7.86. The number of aliphatic hydroxyl groups excluding tert-OH is 1. The van der Waals surface area contributed by atoms with Crippen LogP contribution in [0, 0.1) is 4.77 Å². The highest BCUT2D eigenvalue weighted by molar-refractivity contribution is 7.71. The predicted octanol–water partition coefficient (Wildman–Crippen LogP) is 1.22. The minimum atomic E-state index is -0.0884. The largest absolute Gasteiger partial charge is 0.388 e. The van der Waals surface area contributed by atoms with E-state index in [0.717, 1.165) is 26.2 Å². The van der Waals surface area contributed by atoms with Gasteiger partial charge in [0.2, 0.25) is 0 Å². The molecule has 1 fully saturated rings. The van der Waals surface area contributed by atoms with Gasteiger partial charge in [0.05, 0.1) is 6.67 Å². The minimum Gasteiger partial charge on any atom is -0.388 e. The molecule has 1 aliphatic rings. The lowest BCUT2D eigenvalue weighted by molar-refractivity contribution is 0.192. The molecule has 0 saturated carbocycles. The monoisotopic (exact) mass is 319 g/mol. The van der Waals surface area contributed by atoms with E-state index in [1.165, 1.54) is 5.69 Å². The Kier molecular flexibility index (Phi) is 4.56. The van der Waals surface area contributed by atoms with Gasteiger partial charge in [-0.3, -0.25) is 4.90 Å². The predicted molar refractivity (Wildman–Crippen MR) is 88.2 cm³/mol. The molecule has 0 bridgehead atoms. The number of piperazine rings is 1. The van der Waals surface area contributed by atoms with Gasteiger partial charge in [0, 0.05) is 38.9 Å². The molecule has 0 spiro atoms. The fraction of sp³-hybridized carbons (Fsp3) is 0.467. The number of nitrogens with zero attached hydrogens (tertiary/aromatic N) is 5. The number of rotatable bonds is 4. The molecule has 0 atom stereocenters. The van der Waals surface area contributed by atoms with Crippen molar-refractivity contribution in [1.29, 1.82) is 0 Å². The molecule has 2 aromatic rings. The summed E-state index contributed by atoms with van der Waals surface area (Å²) in [5.41, 5.74) is 1.28. The second kappa shape index (κ2) is 6.60. The molecule has 0 aliphatic carbocycles. The summed E-state index contributed by atoms with van der Waals surface area (Å²) >= 11 is 5.36. The number of aliphatic hydroxyl groups is 1. The SMILES string of the molecule is Cn1c(CO)nn(CN2CCN(c3ccccc3)CC2)c1=S. The van der Waals surface area contributed by atoms with E-state index in [1.54, 1.807) is 9.25 Å². The quantitative estimate of drug-likeness (QED) is 0.859. The number of hydrogen-bond donors (Lipinski definition) is 1. The number of aromatic nitrogens is 3. The van der Waals surface area contributed by atoms with Gasteiger partial charge in [-0.2, -0.15) is 5.10 Å². The van der Waals surface area contributed by atoms with Gasteiger partial charge in [0.1, 0.15) is 6.61 Å². The van der Waals surface area contributed by atoms with Crippen molar-refractivity contribution in [3.8, 4) is 0 Å². The van der Waals surface area contributed by atoms with Crippen molar-refractivity contribution in [2.45, 2.75) is 13.3 Å². The molecule has 0 amide bonds. The van der Waals surface area contributed by atoms with Crippen molar-refractivity contribution >= 4 is 17.9 Å². The van der Waals surface area contributed by atoms with Crippen LogP contribution in [0.25, 0.3) is 0 Å². The van der Waals surface area contributed by atoms with Gasteiger partial charge in [-0.15, -0.1) is 0 Å². The van der Waals surface area contributed by atoms with Crippen molar-refractivity contribution in [3.63, 3.8) is 0 Å². The molecule has 2 heterocycles. The number of anilines is 1. The Hall–Kier alpha value is -1.70. The van der Waals surface area contributed by atoms with E-state index in [1.807, 2.05) is 13.1 Å². The smallest absolute Gasteiger partial charge is 0.198 e. The van der Waals surface area contributed by atoms with Crippen LogP contribution in [0.3, 0.4) is 0 Å². The lowest BCUT2D eigenvalue weighted by Crippen LogP contribution is -2.47. The summed E-state index contributed by atoms with van der Waals surface area (Å²) in [7, 11) is 1.84. The fourth-order valence-electron chi connectivity index (χ4n) is 2.74. The van der Waals surface area contributed by atoms with Gasteiger partial charge in [-0.25, -0.2) is 4.68 Å². The van der Waals surface area contributed by atoms with E-state index in [2.05, 4.69) is 39.2 Å². The maximum atomic E-state index is 9.26. The van der Waals surface area contributed by atoms with E-state index >= 15 is 0 Å². The lowest BCUT2D eigenvalue weighted by atomic mass is 10.2. The van der Waals surface area contributed by atoms with Gasteiger partial charge < -0.3 is 14.6 Å². The Morgan fingerprint density at radius 1 is 1.14 bits per heavy atom. The molecule has 1 aromatic heterocycles. The van der Waals surface area contributed by atoms with Gasteiger partial charge >= 0.3 is 0 Å². The zero-order chi connectivity index (χ0) is 15.5. The van der Waals surface area contributed by atoms with Crippen LogP contribution in [0.1, 0.15) is 5.82 Å². The molecule has 22 heavy (non-hydrogen) atoms. The van der Waals surface area contributed by atoms with Crippen LogP contribution in [0.15, 0.2) is 30.3 Å². The van der Waals surface area contributed by atoms with Gasteiger partial charge in [0.25, 0.3) is 0 Å². The highest BCUT2D eigenvalue weighted by Crippen LogP contribution is 2.15. The Morgan fingerprint density at radius 2 is 1.82 bits per heavy atom. The second-order valence-corrected chi connectivity index (χ2v) is 5.86. The van der Waals surface area contributed by atoms with Crippen molar-refractivity contribution in [2.75, 3.05) is 31.1 Å². The van der Waals surface area contributed by atoms with Gasteiger partial charge in [-0.1, -0.05) is 18.2 Å². The van der Waals surface area contributed by atoms with Gasteiger partial charge in [-0.05, 0) is 24.4 Å². The average Bonchev–Trinajstić information content (AvgIpc) is 2.84. The molecule has 1 aliphatic heterocycles. The third kappa shape index (κ3) is 3.06. The molecule has 3 rings (SSSR count). The molecule has 6 nitrogen and oxygen atoms in total. The lowest BCUT2D eigenvalue weighted by Gasteiger charge is -2.35. The summed E-state index contributed by atoms with van der Waals surface area (Å²) in [6.07, 6.45) is 0. The van der Waals surface area contributed by atoms with Crippen molar-refractivity contribution in [3.05, 3.63) is 40.9 Å². The molecule has 7 heteroatoms. The Labute approximate surface area is 135 Å². The van der Waals surface area contributed by atoms with E-state index in [9.17, 15) is 5.11 Å². The molecule has 0 radical (unpaired) electrons. The third-order valence-corrected chi connectivity index (χ3v) is 4.58. The van der Waals surface area contributed by atoms with E-state index in [0.29, 0.717) is 17.3 Å². The minimum absolute atomic E-state index is 0.0884. The molecule has 1 N–H and O–H groups in total. The summed E-state index contributed by atoms with van der Waals surface area (Å²) < 4.78 is 4.20. The molecular weight excluding hydrogens is 298 g/mol. The Morgan fingerprint density at radius 3 is 2.41 bits per heavy atom. The van der Waals surface area contributed by atoms with Crippen LogP contribution in [0.2, 0.25) is 0 Å². The van der Waals surface area contributed by atoms with Crippen molar-refractivity contribution in [1.82, 2.24) is 19.2 Å². The standard InChI is InChI=1S/C15H21N5OS/c1-17-14(11-21)16-20(15(17)22)12-18-7-9-19(10-8-18)13-5-3-2-4-6-13/h2-6,21H,7-12H2,1H3. The first kappa shape index (κ1) is 15.2. The van der Waals surface area contributed by atoms with E-state index in [4.69, 9.17) is 12.2 Å². The zero-order valence-electron chi connectivity index (χ0n) is 12.7. The zero-order valence-corrected chi connectivity index (χ0v) is 13.5. The topological polar surface area (TPSA) is 49.5 Å². The summed E-state index contributed by atoms with van der Waals surface area (Å²) in [5, 5.41) is 13.6. The third-order valence-electron chi connectivity index (χ3n) is 4.10. The summed E-state index contributed by atoms with van der Waals surface area (Å²) in [5.74, 6) is 0.605. The summed E-state index contributed by atoms with van der Waals surface area (Å²) in [6.45, 7) is 4.53. The average molecular weight is 319 g/mol. The van der Waals surface area contributed by atoms with Crippen molar-refractivity contribution < 1.29 is 5.11 Å². The maximum Gasteiger partial charge on any atom is 0.198 e. The van der Waals surface area contributed by atoms with E-state index < -0.39 is 0 Å². The normalized spacial score (nSPS) is 16.2.